The molecule has 1 aliphatic heterocycles. The number of benzene rings is 1. The molecule has 1 atom stereocenters. The van der Waals surface area contributed by atoms with E-state index in [1.165, 1.54) is 47.6 Å². The summed E-state index contributed by atoms with van der Waals surface area (Å²) in [6.07, 6.45) is 0.369. The van der Waals surface area contributed by atoms with Crippen LogP contribution in [0.4, 0.5) is 9.18 Å². The Morgan fingerprint density at radius 1 is 1.41 bits per heavy atom. The van der Waals surface area contributed by atoms with Crippen LogP contribution in [-0.4, -0.2) is 49.6 Å². The van der Waals surface area contributed by atoms with Crippen LogP contribution in [0, 0.1) is 0 Å². The summed E-state index contributed by atoms with van der Waals surface area (Å²) in [5, 5.41) is 2.69. The average Bonchev–Trinajstić information content (AvgIpc) is 3.24. The van der Waals surface area contributed by atoms with Gasteiger partial charge in [0.2, 0.25) is 15.9 Å². The molecule has 12 heteroatoms. The number of hydrogen-bond donors (Lipinski definition) is 2. The van der Waals surface area contributed by atoms with E-state index in [0.29, 0.717) is 5.01 Å². The minimum absolute atomic E-state index is 0.00876. The Balaban J connectivity index is 1.59. The Hall–Kier alpha value is -2.57. The van der Waals surface area contributed by atoms with Crippen LogP contribution in [0.2, 0.25) is 0 Å². The highest BCUT2D eigenvalue weighted by molar-refractivity contribution is 7.89. The van der Waals surface area contributed by atoms with E-state index < -0.39 is 22.2 Å². The van der Waals surface area contributed by atoms with Gasteiger partial charge in [-0.2, -0.15) is 0 Å². The van der Waals surface area contributed by atoms with Gasteiger partial charge < -0.3 is 9.64 Å². The number of alkyl halides is 1. The lowest BCUT2D eigenvalue weighted by Gasteiger charge is -2.10. The van der Waals surface area contributed by atoms with Gasteiger partial charge in [-0.25, -0.2) is 27.3 Å². The van der Waals surface area contributed by atoms with E-state index in [1.54, 1.807) is 6.07 Å². The number of imide groups is 1. The predicted molar refractivity (Wildman–Crippen MR) is 103 cm³/mol. The average molecular weight is 442 g/mol. The lowest BCUT2D eigenvalue weighted by Crippen LogP contribution is -2.27. The van der Waals surface area contributed by atoms with Crippen LogP contribution >= 0.6 is 11.3 Å². The standard InChI is InChI=1S/C17H19FN4O5S2/c1-11(18)10-27-12-3-2-4-14(5-12)29(25,26)20-7-16-19-6-13(28-16)8-22-9-15(23)21-17(22)24/h2-6,11,20H,7-10H2,1H3,(H,21,23,24). The fraction of sp³-hybridized carbons (Fsp3) is 0.353. The molecule has 1 unspecified atom stereocenters. The third-order valence-corrected chi connectivity index (χ3v) is 6.21. The molecule has 1 fully saturated rings. The first kappa shape index (κ1) is 21.1. The Kier molecular flexibility index (Phi) is 6.45. The maximum absolute atomic E-state index is 12.9. The molecule has 0 saturated carbocycles. The summed E-state index contributed by atoms with van der Waals surface area (Å²) in [5.74, 6) is -0.105. The maximum Gasteiger partial charge on any atom is 0.324 e. The smallest absolute Gasteiger partial charge is 0.324 e. The molecule has 0 spiro atoms. The molecule has 2 N–H and O–H groups in total. The molecule has 3 rings (SSSR count). The zero-order chi connectivity index (χ0) is 21.0. The molecule has 2 heterocycles. The van der Waals surface area contributed by atoms with Gasteiger partial charge in [0.05, 0.1) is 18.0 Å². The van der Waals surface area contributed by atoms with E-state index in [4.69, 9.17) is 4.74 Å². The molecule has 1 aliphatic rings. The number of nitrogens with one attached hydrogen (secondary N) is 2. The minimum atomic E-state index is -3.82. The summed E-state index contributed by atoms with van der Waals surface area (Å²) in [4.78, 5) is 29.0. The molecular formula is C17H19FN4O5S2. The van der Waals surface area contributed by atoms with Crippen LogP contribution in [0.25, 0.3) is 0 Å². The van der Waals surface area contributed by atoms with Crippen LogP contribution in [0.5, 0.6) is 5.75 Å². The summed E-state index contributed by atoms with van der Waals surface area (Å²) in [5.41, 5.74) is 0. The Labute approximate surface area is 170 Å². The highest BCUT2D eigenvalue weighted by Gasteiger charge is 2.27. The monoisotopic (exact) mass is 442 g/mol. The molecule has 9 nitrogen and oxygen atoms in total. The fourth-order valence-corrected chi connectivity index (χ4v) is 4.48. The number of sulfonamides is 1. The highest BCUT2D eigenvalue weighted by atomic mass is 32.2. The molecule has 0 aliphatic carbocycles. The lowest BCUT2D eigenvalue weighted by atomic mass is 10.3. The van der Waals surface area contributed by atoms with Crippen molar-refractivity contribution in [3.05, 3.63) is 40.3 Å². The SMILES string of the molecule is CC(F)COc1cccc(S(=O)(=O)NCc2ncc(CN3CC(=O)NC3=O)s2)c1. The van der Waals surface area contributed by atoms with Gasteiger partial charge in [-0.1, -0.05) is 6.07 Å². The second-order valence-electron chi connectivity index (χ2n) is 6.32. The predicted octanol–water partition coefficient (Wildman–Crippen LogP) is 1.41. The van der Waals surface area contributed by atoms with Crippen LogP contribution < -0.4 is 14.8 Å². The number of thiazole rings is 1. The third-order valence-electron chi connectivity index (χ3n) is 3.83. The van der Waals surface area contributed by atoms with E-state index in [2.05, 4.69) is 15.0 Å². The van der Waals surface area contributed by atoms with E-state index in [1.807, 2.05) is 0 Å². The van der Waals surface area contributed by atoms with Crippen molar-refractivity contribution in [1.82, 2.24) is 19.9 Å². The summed E-state index contributed by atoms with van der Waals surface area (Å²) in [6, 6.07) is 5.32. The highest BCUT2D eigenvalue weighted by Crippen LogP contribution is 2.20. The number of aromatic nitrogens is 1. The van der Waals surface area contributed by atoms with Gasteiger partial charge in [0, 0.05) is 17.1 Å². The number of rotatable bonds is 9. The molecule has 3 amide bonds. The number of amides is 3. The van der Waals surface area contributed by atoms with Gasteiger partial charge in [0.25, 0.3) is 0 Å². The fourth-order valence-electron chi connectivity index (χ4n) is 2.48. The van der Waals surface area contributed by atoms with Crippen molar-refractivity contribution in [2.45, 2.75) is 31.1 Å². The molecule has 1 aromatic carbocycles. The number of urea groups is 1. The van der Waals surface area contributed by atoms with Gasteiger partial charge in [-0.15, -0.1) is 11.3 Å². The summed E-state index contributed by atoms with van der Waals surface area (Å²) >= 11 is 1.24. The first-order valence-electron chi connectivity index (χ1n) is 8.62. The first-order valence-corrected chi connectivity index (χ1v) is 10.9. The second-order valence-corrected chi connectivity index (χ2v) is 9.29. The van der Waals surface area contributed by atoms with Crippen LogP contribution in [0.15, 0.2) is 35.4 Å². The first-order chi connectivity index (χ1) is 13.7. The summed E-state index contributed by atoms with van der Waals surface area (Å²) in [7, 11) is -3.82. The third kappa shape index (κ3) is 5.71. The molecule has 0 bridgehead atoms. The molecule has 2 aromatic rings. The Bertz CT molecular complexity index is 1010. The van der Waals surface area contributed by atoms with Crippen molar-refractivity contribution in [3.63, 3.8) is 0 Å². The van der Waals surface area contributed by atoms with Gasteiger partial charge in [0.1, 0.15) is 30.1 Å². The summed E-state index contributed by atoms with van der Waals surface area (Å²) < 4.78 is 45.6. The Morgan fingerprint density at radius 3 is 2.90 bits per heavy atom. The van der Waals surface area contributed by atoms with Crippen molar-refractivity contribution in [2.75, 3.05) is 13.2 Å². The minimum Gasteiger partial charge on any atom is -0.491 e. The van der Waals surface area contributed by atoms with Crippen LogP contribution in [-0.2, 0) is 27.9 Å². The molecule has 0 radical (unpaired) electrons. The number of hydrogen-bond acceptors (Lipinski definition) is 7. The lowest BCUT2D eigenvalue weighted by molar-refractivity contribution is -0.118. The second kappa shape index (κ2) is 8.84. The zero-order valence-electron chi connectivity index (χ0n) is 15.4. The van der Waals surface area contributed by atoms with Crippen LogP contribution in [0.1, 0.15) is 16.8 Å². The van der Waals surface area contributed by atoms with Crippen molar-refractivity contribution in [3.8, 4) is 5.75 Å². The van der Waals surface area contributed by atoms with Crippen LogP contribution in [0.3, 0.4) is 0 Å². The van der Waals surface area contributed by atoms with Gasteiger partial charge >= 0.3 is 6.03 Å². The zero-order valence-corrected chi connectivity index (χ0v) is 17.1. The molecule has 1 aromatic heterocycles. The van der Waals surface area contributed by atoms with Gasteiger partial charge in [0.15, 0.2) is 0 Å². The van der Waals surface area contributed by atoms with Crippen molar-refractivity contribution in [1.29, 1.82) is 0 Å². The topological polar surface area (TPSA) is 118 Å². The molecule has 1 saturated heterocycles. The van der Waals surface area contributed by atoms with E-state index >= 15 is 0 Å². The van der Waals surface area contributed by atoms with Gasteiger partial charge in [-0.05, 0) is 19.1 Å². The van der Waals surface area contributed by atoms with E-state index in [0.717, 1.165) is 4.88 Å². The van der Waals surface area contributed by atoms with E-state index in [-0.39, 0.29) is 42.8 Å². The molecular weight excluding hydrogens is 423 g/mol. The van der Waals surface area contributed by atoms with E-state index in [9.17, 15) is 22.4 Å². The number of carbonyl (C=O) groups is 2. The van der Waals surface area contributed by atoms with Crippen molar-refractivity contribution >= 4 is 33.3 Å². The normalized spacial score (nSPS) is 15.4. The number of ether oxygens (including phenoxy) is 1. The molecule has 156 valence electrons. The quantitative estimate of drug-likeness (QED) is 0.567. The Morgan fingerprint density at radius 2 is 2.21 bits per heavy atom. The van der Waals surface area contributed by atoms with Crippen molar-refractivity contribution in [2.24, 2.45) is 0 Å². The van der Waals surface area contributed by atoms with Gasteiger partial charge in [-0.3, -0.25) is 10.1 Å². The maximum atomic E-state index is 12.9. The number of halogens is 1. The molecule has 29 heavy (non-hydrogen) atoms. The number of nitrogens with zero attached hydrogens (tertiary/aromatic N) is 2. The summed E-state index contributed by atoms with van der Waals surface area (Å²) in [6.45, 7) is 1.34. The van der Waals surface area contributed by atoms with Crippen molar-refractivity contribution < 1.29 is 27.1 Å². The number of carbonyl (C=O) groups excluding carboxylic acids is 2. The largest absolute Gasteiger partial charge is 0.491 e.